The van der Waals surface area contributed by atoms with Crippen LogP contribution in [0.1, 0.15) is 55.9 Å². The molecule has 0 bridgehead atoms. The molecule has 3 atom stereocenters. The third-order valence-electron chi connectivity index (χ3n) is 6.45. The van der Waals surface area contributed by atoms with E-state index in [1.54, 1.807) is 0 Å². The lowest BCUT2D eigenvalue weighted by Gasteiger charge is -2.36. The fourth-order valence-corrected chi connectivity index (χ4v) is 4.57. The van der Waals surface area contributed by atoms with Crippen LogP contribution in [0.3, 0.4) is 0 Å². The number of piperidine rings is 1. The summed E-state index contributed by atoms with van der Waals surface area (Å²) < 4.78 is 50.2. The Morgan fingerprint density at radius 1 is 1.09 bits per heavy atom. The number of rotatable bonds is 10. The molecule has 1 fully saturated rings. The van der Waals surface area contributed by atoms with Crippen LogP contribution in [0.15, 0.2) is 54.6 Å². The minimum absolute atomic E-state index is 0.114. The predicted molar refractivity (Wildman–Crippen MR) is 125 cm³/mol. The molecule has 1 saturated heterocycles. The van der Waals surface area contributed by atoms with Gasteiger partial charge in [0.05, 0.1) is 12.2 Å². The number of esters is 1. The molecule has 7 heteroatoms. The minimum Gasteiger partial charge on any atom is -0.466 e. The van der Waals surface area contributed by atoms with E-state index in [1.807, 2.05) is 37.3 Å². The van der Waals surface area contributed by atoms with Gasteiger partial charge in [0, 0.05) is 26.1 Å². The van der Waals surface area contributed by atoms with E-state index >= 15 is 0 Å². The molecule has 2 aromatic carbocycles. The first-order valence-electron chi connectivity index (χ1n) is 12.0. The standard InChI is InChI=1S/C27H34F3NO3/c1-3-33-25(32)18-23-14-16-31(19-20(23)2)15-7-17-34-26(21-8-5-4-6-9-21)22-10-12-24(13-11-22)27(28,29)30/h4-6,8-13,20,23,26H,3,7,14-19H2,1-2H3/t20-,23+,26?/m1/s1. The van der Waals surface area contributed by atoms with Gasteiger partial charge in [0.15, 0.2) is 0 Å². The predicted octanol–water partition coefficient (Wildman–Crippen LogP) is 6.11. The number of nitrogens with zero attached hydrogens (tertiary/aromatic N) is 1. The third kappa shape index (κ3) is 7.57. The Labute approximate surface area is 200 Å². The van der Waals surface area contributed by atoms with Gasteiger partial charge < -0.3 is 14.4 Å². The molecule has 0 N–H and O–H groups in total. The summed E-state index contributed by atoms with van der Waals surface area (Å²) in [5, 5.41) is 0. The van der Waals surface area contributed by atoms with Gasteiger partial charge in [-0.1, -0.05) is 49.4 Å². The van der Waals surface area contributed by atoms with Crippen LogP contribution >= 0.6 is 0 Å². The van der Waals surface area contributed by atoms with Crippen LogP contribution < -0.4 is 0 Å². The van der Waals surface area contributed by atoms with Crippen LogP contribution in [0, 0.1) is 11.8 Å². The van der Waals surface area contributed by atoms with E-state index in [0.717, 1.165) is 50.2 Å². The fraction of sp³-hybridized carbons (Fsp3) is 0.519. The first-order chi connectivity index (χ1) is 16.3. The van der Waals surface area contributed by atoms with Crippen LogP contribution in [0.2, 0.25) is 0 Å². The van der Waals surface area contributed by atoms with Crippen molar-refractivity contribution in [1.29, 1.82) is 0 Å². The lowest BCUT2D eigenvalue weighted by atomic mass is 9.84. The first kappa shape index (κ1) is 26.2. The average molecular weight is 478 g/mol. The van der Waals surface area contributed by atoms with Crippen LogP contribution in [-0.4, -0.2) is 43.7 Å². The largest absolute Gasteiger partial charge is 0.466 e. The van der Waals surface area contributed by atoms with E-state index in [1.165, 1.54) is 12.1 Å². The van der Waals surface area contributed by atoms with Crippen molar-refractivity contribution in [2.45, 2.75) is 45.4 Å². The highest BCUT2D eigenvalue weighted by Gasteiger charge is 2.31. The van der Waals surface area contributed by atoms with Crippen LogP contribution in [-0.2, 0) is 20.4 Å². The molecule has 0 aliphatic carbocycles. The molecule has 0 amide bonds. The van der Waals surface area contributed by atoms with Crippen molar-refractivity contribution < 1.29 is 27.4 Å². The highest BCUT2D eigenvalue weighted by molar-refractivity contribution is 5.69. The maximum absolute atomic E-state index is 13.0. The highest BCUT2D eigenvalue weighted by Crippen LogP contribution is 2.32. The second kappa shape index (κ2) is 12.4. The number of ether oxygens (including phenoxy) is 2. The lowest BCUT2D eigenvalue weighted by Crippen LogP contribution is -2.40. The molecular weight excluding hydrogens is 443 g/mol. The van der Waals surface area contributed by atoms with Crippen LogP contribution in [0.4, 0.5) is 13.2 Å². The molecule has 0 saturated carbocycles. The molecule has 1 heterocycles. The number of alkyl halides is 3. The van der Waals surface area contributed by atoms with Gasteiger partial charge >= 0.3 is 12.1 Å². The van der Waals surface area contributed by atoms with E-state index < -0.39 is 17.8 Å². The molecular formula is C27H34F3NO3. The quantitative estimate of drug-likeness (QED) is 0.306. The second-order valence-corrected chi connectivity index (χ2v) is 8.97. The van der Waals surface area contributed by atoms with E-state index in [-0.39, 0.29) is 5.97 Å². The number of halogens is 3. The number of benzene rings is 2. The van der Waals surface area contributed by atoms with Gasteiger partial charge in [-0.3, -0.25) is 4.79 Å². The molecule has 2 aromatic rings. The van der Waals surface area contributed by atoms with E-state index in [9.17, 15) is 18.0 Å². The van der Waals surface area contributed by atoms with Crippen molar-refractivity contribution in [3.8, 4) is 0 Å². The van der Waals surface area contributed by atoms with Crippen LogP contribution in [0.5, 0.6) is 0 Å². The van der Waals surface area contributed by atoms with E-state index in [0.29, 0.717) is 37.0 Å². The zero-order valence-corrected chi connectivity index (χ0v) is 19.9. The third-order valence-corrected chi connectivity index (χ3v) is 6.45. The second-order valence-electron chi connectivity index (χ2n) is 8.97. The maximum atomic E-state index is 13.0. The molecule has 1 aliphatic rings. The number of hydrogen-bond acceptors (Lipinski definition) is 4. The van der Waals surface area contributed by atoms with Crippen LogP contribution in [0.25, 0.3) is 0 Å². The normalized spacial score (nSPS) is 20.1. The van der Waals surface area contributed by atoms with Crippen molar-refractivity contribution in [2.24, 2.45) is 11.8 Å². The lowest BCUT2D eigenvalue weighted by molar-refractivity contribution is -0.145. The Balaban J connectivity index is 1.52. The smallest absolute Gasteiger partial charge is 0.416 e. The molecule has 0 aromatic heterocycles. The van der Waals surface area contributed by atoms with Crippen molar-refractivity contribution >= 4 is 5.97 Å². The van der Waals surface area contributed by atoms with Gasteiger partial charge in [-0.05, 0) is 61.4 Å². The summed E-state index contributed by atoms with van der Waals surface area (Å²) in [5.41, 5.74) is 0.951. The SMILES string of the molecule is CCOC(=O)C[C@@H]1CCN(CCCOC(c2ccccc2)c2ccc(C(F)(F)F)cc2)C[C@H]1C. The Kier molecular flexibility index (Phi) is 9.54. The maximum Gasteiger partial charge on any atom is 0.416 e. The van der Waals surface area contributed by atoms with Gasteiger partial charge in [-0.2, -0.15) is 13.2 Å². The van der Waals surface area contributed by atoms with Gasteiger partial charge in [0.1, 0.15) is 6.10 Å². The molecule has 1 aliphatic heterocycles. The first-order valence-corrected chi connectivity index (χ1v) is 12.0. The number of carbonyl (C=O) groups is 1. The highest BCUT2D eigenvalue weighted by atomic mass is 19.4. The van der Waals surface area contributed by atoms with Gasteiger partial charge in [0.25, 0.3) is 0 Å². The zero-order chi connectivity index (χ0) is 24.6. The monoisotopic (exact) mass is 477 g/mol. The summed E-state index contributed by atoms with van der Waals surface area (Å²) in [4.78, 5) is 14.2. The minimum atomic E-state index is -4.36. The summed E-state index contributed by atoms with van der Waals surface area (Å²) in [6, 6.07) is 14.8. The van der Waals surface area contributed by atoms with E-state index in [4.69, 9.17) is 9.47 Å². The molecule has 4 nitrogen and oxygen atoms in total. The van der Waals surface area contributed by atoms with Crippen molar-refractivity contribution in [1.82, 2.24) is 4.90 Å². The summed E-state index contributed by atoms with van der Waals surface area (Å²) in [6.45, 7) is 7.68. The summed E-state index contributed by atoms with van der Waals surface area (Å²) in [7, 11) is 0. The molecule has 0 spiro atoms. The molecule has 3 rings (SSSR count). The van der Waals surface area contributed by atoms with Crippen molar-refractivity contribution in [3.63, 3.8) is 0 Å². The van der Waals surface area contributed by atoms with Gasteiger partial charge in [-0.25, -0.2) is 0 Å². The average Bonchev–Trinajstić information content (AvgIpc) is 2.81. The Hall–Kier alpha value is -2.38. The van der Waals surface area contributed by atoms with Crippen molar-refractivity contribution in [3.05, 3.63) is 71.3 Å². The Morgan fingerprint density at radius 2 is 1.76 bits per heavy atom. The summed E-state index contributed by atoms with van der Waals surface area (Å²) in [5.74, 6) is 0.661. The fourth-order valence-electron chi connectivity index (χ4n) is 4.57. The van der Waals surface area contributed by atoms with Crippen molar-refractivity contribution in [2.75, 3.05) is 32.8 Å². The Morgan fingerprint density at radius 3 is 2.38 bits per heavy atom. The number of hydrogen-bond donors (Lipinski definition) is 0. The summed E-state index contributed by atoms with van der Waals surface area (Å²) in [6.07, 6.45) is -2.50. The molecule has 1 unspecified atom stereocenters. The topological polar surface area (TPSA) is 38.8 Å². The summed E-state index contributed by atoms with van der Waals surface area (Å²) >= 11 is 0. The molecule has 0 radical (unpaired) electrons. The van der Waals surface area contributed by atoms with Gasteiger partial charge in [-0.15, -0.1) is 0 Å². The number of likely N-dealkylation sites (tertiary alicyclic amines) is 1. The van der Waals surface area contributed by atoms with Gasteiger partial charge in [0.2, 0.25) is 0 Å². The van der Waals surface area contributed by atoms with E-state index in [2.05, 4.69) is 11.8 Å². The number of carbonyl (C=O) groups excluding carboxylic acids is 1. The Bertz CT molecular complexity index is 886. The molecule has 34 heavy (non-hydrogen) atoms. The zero-order valence-electron chi connectivity index (χ0n) is 19.9. The molecule has 186 valence electrons.